The van der Waals surface area contributed by atoms with E-state index in [0.717, 1.165) is 25.7 Å². The van der Waals surface area contributed by atoms with Crippen molar-refractivity contribution in [3.05, 3.63) is 18.2 Å². The number of hydrogen-bond donors (Lipinski definition) is 1. The lowest BCUT2D eigenvalue weighted by Gasteiger charge is -2.22. The van der Waals surface area contributed by atoms with E-state index in [-0.39, 0.29) is 31.2 Å². The molecule has 6 heteroatoms. The monoisotopic (exact) mass is 304 g/mol. The van der Waals surface area contributed by atoms with E-state index < -0.39 is 0 Å². The van der Waals surface area contributed by atoms with Gasteiger partial charge in [-0.15, -0.1) is 0 Å². The fourth-order valence-corrected chi connectivity index (χ4v) is 2.92. The van der Waals surface area contributed by atoms with Crippen molar-refractivity contribution in [1.82, 2.24) is 5.32 Å². The number of nitrogens with one attached hydrogen (secondary N) is 1. The van der Waals surface area contributed by atoms with Crippen molar-refractivity contribution in [2.45, 2.75) is 38.6 Å². The summed E-state index contributed by atoms with van der Waals surface area (Å²) in [6, 6.07) is 5.49. The molecule has 0 bridgehead atoms. The maximum absolute atomic E-state index is 12.2. The third-order valence-corrected chi connectivity index (χ3v) is 4.07. The number of rotatable bonds is 4. The molecule has 1 aliphatic heterocycles. The molecule has 0 saturated heterocycles. The van der Waals surface area contributed by atoms with Crippen LogP contribution in [0.3, 0.4) is 0 Å². The van der Waals surface area contributed by atoms with E-state index in [1.807, 2.05) is 0 Å². The second-order valence-corrected chi connectivity index (χ2v) is 5.69. The maximum Gasteiger partial charge on any atom is 0.240 e. The molecule has 1 heterocycles. The van der Waals surface area contributed by atoms with Crippen molar-refractivity contribution in [3.8, 4) is 11.5 Å². The molecule has 1 fully saturated rings. The molecule has 2 amide bonds. The lowest BCUT2D eigenvalue weighted by atomic mass is 10.2. The van der Waals surface area contributed by atoms with E-state index in [4.69, 9.17) is 9.47 Å². The van der Waals surface area contributed by atoms with Crippen molar-refractivity contribution in [2.24, 2.45) is 0 Å². The Morgan fingerprint density at radius 2 is 1.95 bits per heavy atom. The van der Waals surface area contributed by atoms with Crippen molar-refractivity contribution >= 4 is 17.5 Å². The molecule has 1 aromatic rings. The highest BCUT2D eigenvalue weighted by atomic mass is 16.7. The normalized spacial score (nSPS) is 16.6. The molecule has 0 radical (unpaired) electrons. The summed E-state index contributed by atoms with van der Waals surface area (Å²) in [5.74, 6) is 0.947. The Balaban J connectivity index is 1.69. The molecule has 0 unspecified atom stereocenters. The smallest absolute Gasteiger partial charge is 0.240 e. The van der Waals surface area contributed by atoms with E-state index in [1.165, 1.54) is 11.8 Å². The molecular weight excluding hydrogens is 284 g/mol. The van der Waals surface area contributed by atoms with Gasteiger partial charge in [-0.25, -0.2) is 0 Å². The molecule has 6 nitrogen and oxygen atoms in total. The fourth-order valence-electron chi connectivity index (χ4n) is 2.92. The number of carbonyl (C=O) groups excluding carboxylic acids is 2. The first-order valence-corrected chi connectivity index (χ1v) is 7.60. The van der Waals surface area contributed by atoms with Crippen molar-refractivity contribution < 1.29 is 19.1 Å². The first-order chi connectivity index (χ1) is 10.6. The zero-order chi connectivity index (χ0) is 15.5. The van der Waals surface area contributed by atoms with Gasteiger partial charge in [0.05, 0.1) is 0 Å². The Hall–Kier alpha value is -2.24. The van der Waals surface area contributed by atoms with Crippen molar-refractivity contribution in [1.29, 1.82) is 0 Å². The van der Waals surface area contributed by atoms with E-state index in [2.05, 4.69) is 5.32 Å². The average Bonchev–Trinajstić information content (AvgIpc) is 3.14. The highest BCUT2D eigenvalue weighted by Crippen LogP contribution is 2.35. The van der Waals surface area contributed by atoms with Crippen molar-refractivity contribution in [2.75, 3.05) is 18.2 Å². The van der Waals surface area contributed by atoms with Gasteiger partial charge in [0.15, 0.2) is 11.5 Å². The summed E-state index contributed by atoms with van der Waals surface area (Å²) in [4.78, 5) is 25.5. The summed E-state index contributed by atoms with van der Waals surface area (Å²) in [6.45, 7) is 1.65. The summed E-state index contributed by atoms with van der Waals surface area (Å²) in [5.41, 5.74) is 0.637. The SMILES string of the molecule is CC(=O)N(CC(=O)NC1CCCC1)c1ccc2c(c1)OCO2. The number of benzene rings is 1. The summed E-state index contributed by atoms with van der Waals surface area (Å²) in [7, 11) is 0. The second kappa shape index (κ2) is 6.25. The van der Waals surface area contributed by atoms with Gasteiger partial charge in [0.2, 0.25) is 18.6 Å². The lowest BCUT2D eigenvalue weighted by Crippen LogP contribution is -2.43. The Labute approximate surface area is 129 Å². The Morgan fingerprint density at radius 1 is 1.23 bits per heavy atom. The maximum atomic E-state index is 12.2. The van der Waals surface area contributed by atoms with E-state index in [1.54, 1.807) is 18.2 Å². The minimum Gasteiger partial charge on any atom is -0.454 e. The first-order valence-electron chi connectivity index (χ1n) is 7.60. The predicted octanol–water partition coefficient (Wildman–Crippen LogP) is 1.83. The van der Waals surface area contributed by atoms with Gasteiger partial charge in [0.1, 0.15) is 6.54 Å². The summed E-state index contributed by atoms with van der Waals surface area (Å²) in [5, 5.41) is 3.00. The number of hydrogen-bond acceptors (Lipinski definition) is 4. The molecule has 1 aromatic carbocycles. The third kappa shape index (κ3) is 3.16. The Kier molecular flexibility index (Phi) is 4.18. The van der Waals surface area contributed by atoms with E-state index >= 15 is 0 Å². The topological polar surface area (TPSA) is 67.9 Å². The van der Waals surface area contributed by atoms with Crippen LogP contribution in [-0.4, -0.2) is 31.2 Å². The second-order valence-electron chi connectivity index (χ2n) is 5.69. The van der Waals surface area contributed by atoms with Gasteiger partial charge < -0.3 is 19.7 Å². The molecule has 118 valence electrons. The average molecular weight is 304 g/mol. The van der Waals surface area contributed by atoms with Gasteiger partial charge in [-0.1, -0.05) is 12.8 Å². The van der Waals surface area contributed by atoms with Gasteiger partial charge in [-0.05, 0) is 25.0 Å². The standard InChI is InChI=1S/C16H20N2O4/c1-11(19)18(9-16(20)17-12-4-2-3-5-12)13-6-7-14-15(8-13)22-10-21-14/h6-8,12H,2-5,9-10H2,1H3,(H,17,20). The number of fused-ring (bicyclic) bond motifs is 1. The van der Waals surface area contributed by atoms with Crippen LogP contribution in [0.2, 0.25) is 0 Å². The van der Waals surface area contributed by atoms with Gasteiger partial charge in [-0.3, -0.25) is 9.59 Å². The number of amides is 2. The third-order valence-electron chi connectivity index (χ3n) is 4.07. The minimum absolute atomic E-state index is 0.0193. The molecule has 0 atom stereocenters. The van der Waals surface area contributed by atoms with Gasteiger partial charge in [0, 0.05) is 24.7 Å². The Morgan fingerprint density at radius 3 is 2.68 bits per heavy atom. The number of carbonyl (C=O) groups is 2. The van der Waals surface area contributed by atoms with Crippen LogP contribution in [0.1, 0.15) is 32.6 Å². The van der Waals surface area contributed by atoms with Gasteiger partial charge in [0.25, 0.3) is 0 Å². The highest BCUT2D eigenvalue weighted by molar-refractivity contribution is 5.97. The molecular formula is C16H20N2O4. The van der Waals surface area contributed by atoms with Gasteiger partial charge in [-0.2, -0.15) is 0 Å². The minimum atomic E-state index is -0.180. The molecule has 22 heavy (non-hydrogen) atoms. The number of ether oxygens (including phenoxy) is 2. The van der Waals surface area contributed by atoms with E-state index in [0.29, 0.717) is 17.2 Å². The zero-order valence-electron chi connectivity index (χ0n) is 12.6. The molecule has 2 aliphatic rings. The molecule has 1 saturated carbocycles. The van der Waals surface area contributed by atoms with E-state index in [9.17, 15) is 9.59 Å². The van der Waals surface area contributed by atoms with Crippen LogP contribution in [0.5, 0.6) is 11.5 Å². The molecule has 1 N–H and O–H groups in total. The largest absolute Gasteiger partial charge is 0.454 e. The summed E-state index contributed by atoms with van der Waals surface area (Å²) in [6.07, 6.45) is 4.36. The van der Waals surface area contributed by atoms with Crippen LogP contribution in [0.4, 0.5) is 5.69 Å². The van der Waals surface area contributed by atoms with Crippen LogP contribution in [0.15, 0.2) is 18.2 Å². The number of anilines is 1. The Bertz CT molecular complexity index is 582. The number of nitrogens with zero attached hydrogens (tertiary/aromatic N) is 1. The summed E-state index contributed by atoms with van der Waals surface area (Å²) >= 11 is 0. The molecule has 0 aromatic heterocycles. The van der Waals surface area contributed by atoms with Crippen LogP contribution < -0.4 is 19.7 Å². The first kappa shape index (κ1) is 14.7. The van der Waals surface area contributed by atoms with Crippen LogP contribution in [0, 0.1) is 0 Å². The summed E-state index contributed by atoms with van der Waals surface area (Å²) < 4.78 is 10.6. The quantitative estimate of drug-likeness (QED) is 0.921. The fraction of sp³-hybridized carbons (Fsp3) is 0.500. The van der Waals surface area contributed by atoms with Crippen molar-refractivity contribution in [3.63, 3.8) is 0 Å². The molecule has 1 aliphatic carbocycles. The molecule has 0 spiro atoms. The van der Waals surface area contributed by atoms with Crippen LogP contribution in [-0.2, 0) is 9.59 Å². The van der Waals surface area contributed by atoms with Gasteiger partial charge >= 0.3 is 0 Å². The highest BCUT2D eigenvalue weighted by Gasteiger charge is 2.22. The van der Waals surface area contributed by atoms with Crippen LogP contribution in [0.25, 0.3) is 0 Å². The predicted molar refractivity (Wildman–Crippen MR) is 81.0 cm³/mol. The lowest BCUT2D eigenvalue weighted by molar-refractivity contribution is -0.123. The van der Waals surface area contributed by atoms with Crippen LogP contribution >= 0.6 is 0 Å². The zero-order valence-corrected chi connectivity index (χ0v) is 12.6. The molecule has 3 rings (SSSR count).